The summed E-state index contributed by atoms with van der Waals surface area (Å²) in [6.45, 7) is 2.80. The zero-order chi connectivity index (χ0) is 11.5. The standard InChI is InChI=1S/C11H17FO3/c1-8(13)11(7-12)5-3-9(4-6-11)10(14)15-2/h9,13H,1,3-7H2,2H3. The first-order valence-electron chi connectivity index (χ1n) is 5.08. The van der Waals surface area contributed by atoms with Crippen LogP contribution in [0.2, 0.25) is 0 Å². The summed E-state index contributed by atoms with van der Waals surface area (Å²) in [7, 11) is 1.35. The van der Waals surface area contributed by atoms with E-state index in [-0.39, 0.29) is 17.6 Å². The van der Waals surface area contributed by atoms with E-state index in [2.05, 4.69) is 11.3 Å². The van der Waals surface area contributed by atoms with Crippen molar-refractivity contribution < 1.29 is 19.0 Å². The smallest absolute Gasteiger partial charge is 0.308 e. The van der Waals surface area contributed by atoms with Crippen LogP contribution in [0.5, 0.6) is 0 Å². The number of halogens is 1. The van der Waals surface area contributed by atoms with Gasteiger partial charge in [0.05, 0.1) is 24.2 Å². The molecule has 0 heterocycles. The molecule has 1 aliphatic rings. The molecule has 1 aliphatic carbocycles. The molecule has 0 unspecified atom stereocenters. The van der Waals surface area contributed by atoms with Gasteiger partial charge < -0.3 is 9.84 Å². The van der Waals surface area contributed by atoms with Crippen molar-refractivity contribution in [1.82, 2.24) is 0 Å². The number of hydrogen-bond acceptors (Lipinski definition) is 3. The lowest BCUT2D eigenvalue weighted by Gasteiger charge is -2.36. The predicted octanol–water partition coefficient (Wildman–Crippen LogP) is 2.38. The molecule has 0 saturated heterocycles. The Balaban J connectivity index is 2.61. The third kappa shape index (κ3) is 2.30. The van der Waals surface area contributed by atoms with Gasteiger partial charge in [0.1, 0.15) is 6.67 Å². The van der Waals surface area contributed by atoms with Crippen molar-refractivity contribution in [2.24, 2.45) is 11.3 Å². The zero-order valence-corrected chi connectivity index (χ0v) is 8.96. The maximum Gasteiger partial charge on any atom is 0.308 e. The van der Waals surface area contributed by atoms with Crippen LogP contribution in [0.15, 0.2) is 12.3 Å². The maximum atomic E-state index is 12.9. The summed E-state index contributed by atoms with van der Waals surface area (Å²) < 4.78 is 17.5. The molecular formula is C11H17FO3. The SMILES string of the molecule is C=C(O)C1(CF)CCC(C(=O)OC)CC1. The highest BCUT2D eigenvalue weighted by molar-refractivity contribution is 5.72. The zero-order valence-electron chi connectivity index (χ0n) is 8.96. The molecule has 0 aromatic rings. The number of carbonyl (C=O) groups excluding carboxylic acids is 1. The summed E-state index contributed by atoms with van der Waals surface area (Å²) in [4.78, 5) is 11.2. The number of esters is 1. The van der Waals surface area contributed by atoms with E-state index in [9.17, 15) is 14.3 Å². The highest BCUT2D eigenvalue weighted by Crippen LogP contribution is 2.43. The van der Waals surface area contributed by atoms with Crippen molar-refractivity contribution >= 4 is 5.97 Å². The maximum absolute atomic E-state index is 12.9. The minimum Gasteiger partial charge on any atom is -0.512 e. The fourth-order valence-electron chi connectivity index (χ4n) is 2.07. The van der Waals surface area contributed by atoms with Gasteiger partial charge in [0.25, 0.3) is 0 Å². The normalized spacial score (nSPS) is 30.9. The molecule has 0 spiro atoms. The molecule has 1 N–H and O–H groups in total. The lowest BCUT2D eigenvalue weighted by molar-refractivity contribution is -0.147. The molecule has 0 aliphatic heterocycles. The monoisotopic (exact) mass is 216 g/mol. The Labute approximate surface area is 88.9 Å². The van der Waals surface area contributed by atoms with E-state index in [0.717, 1.165) is 0 Å². The van der Waals surface area contributed by atoms with Crippen molar-refractivity contribution in [2.45, 2.75) is 25.7 Å². The quantitative estimate of drug-likeness (QED) is 0.582. The topological polar surface area (TPSA) is 46.5 Å². The van der Waals surface area contributed by atoms with Crippen LogP contribution in [0.1, 0.15) is 25.7 Å². The number of allylic oxidation sites excluding steroid dienone is 1. The van der Waals surface area contributed by atoms with E-state index >= 15 is 0 Å². The molecule has 4 heteroatoms. The second-order valence-electron chi connectivity index (χ2n) is 4.16. The molecule has 0 atom stereocenters. The van der Waals surface area contributed by atoms with Crippen molar-refractivity contribution in [3.05, 3.63) is 12.3 Å². The summed E-state index contributed by atoms with van der Waals surface area (Å²) in [6, 6.07) is 0. The van der Waals surface area contributed by atoms with Crippen molar-refractivity contribution in [1.29, 1.82) is 0 Å². The Morgan fingerprint density at radius 1 is 1.60 bits per heavy atom. The van der Waals surface area contributed by atoms with Crippen molar-refractivity contribution in [3.63, 3.8) is 0 Å². The van der Waals surface area contributed by atoms with E-state index < -0.39 is 12.1 Å². The lowest BCUT2D eigenvalue weighted by atomic mass is 9.70. The Hall–Kier alpha value is -1.06. The molecule has 0 aromatic carbocycles. The predicted molar refractivity (Wildman–Crippen MR) is 54.2 cm³/mol. The van der Waals surface area contributed by atoms with Crippen LogP contribution in [-0.2, 0) is 9.53 Å². The fraction of sp³-hybridized carbons (Fsp3) is 0.727. The van der Waals surface area contributed by atoms with Crippen molar-refractivity contribution in [3.8, 4) is 0 Å². The van der Waals surface area contributed by atoms with Gasteiger partial charge in [-0.05, 0) is 25.7 Å². The number of hydrogen-bond donors (Lipinski definition) is 1. The number of rotatable bonds is 3. The Morgan fingerprint density at radius 2 is 2.13 bits per heavy atom. The molecule has 86 valence electrons. The third-order valence-corrected chi connectivity index (χ3v) is 3.35. The average Bonchev–Trinajstić information content (AvgIpc) is 2.28. The number of alkyl halides is 1. The van der Waals surface area contributed by atoms with Gasteiger partial charge in [0, 0.05) is 0 Å². The molecule has 0 bridgehead atoms. The largest absolute Gasteiger partial charge is 0.512 e. The van der Waals surface area contributed by atoms with Gasteiger partial charge in [-0.15, -0.1) is 0 Å². The van der Waals surface area contributed by atoms with E-state index in [4.69, 9.17) is 0 Å². The summed E-state index contributed by atoms with van der Waals surface area (Å²) in [5, 5.41) is 9.36. The van der Waals surface area contributed by atoms with Gasteiger partial charge in [0.2, 0.25) is 0 Å². The van der Waals surface area contributed by atoms with E-state index in [0.29, 0.717) is 25.7 Å². The molecule has 1 fully saturated rings. The molecule has 0 radical (unpaired) electrons. The van der Waals surface area contributed by atoms with Gasteiger partial charge in [-0.2, -0.15) is 0 Å². The Bertz CT molecular complexity index is 255. The summed E-state index contributed by atoms with van der Waals surface area (Å²) in [5.74, 6) is -0.506. The minimum absolute atomic E-state index is 0.103. The Morgan fingerprint density at radius 3 is 2.47 bits per heavy atom. The third-order valence-electron chi connectivity index (χ3n) is 3.35. The van der Waals surface area contributed by atoms with Gasteiger partial charge in [-0.1, -0.05) is 6.58 Å². The second-order valence-corrected chi connectivity index (χ2v) is 4.16. The fourth-order valence-corrected chi connectivity index (χ4v) is 2.07. The first kappa shape index (κ1) is 12.0. The number of ether oxygens (including phenoxy) is 1. The summed E-state index contributed by atoms with van der Waals surface area (Å²) in [5.41, 5.74) is -0.829. The summed E-state index contributed by atoms with van der Waals surface area (Å²) >= 11 is 0. The number of aliphatic hydroxyl groups excluding tert-OH is 1. The van der Waals surface area contributed by atoms with E-state index in [1.165, 1.54) is 7.11 Å². The van der Waals surface area contributed by atoms with Crippen LogP contribution in [0.25, 0.3) is 0 Å². The number of aliphatic hydroxyl groups is 1. The van der Waals surface area contributed by atoms with Gasteiger partial charge in [0.15, 0.2) is 0 Å². The lowest BCUT2D eigenvalue weighted by Crippen LogP contribution is -2.34. The van der Waals surface area contributed by atoms with Gasteiger partial charge >= 0.3 is 5.97 Å². The van der Waals surface area contributed by atoms with Gasteiger partial charge in [-0.25, -0.2) is 4.39 Å². The van der Waals surface area contributed by atoms with Gasteiger partial charge in [-0.3, -0.25) is 4.79 Å². The van der Waals surface area contributed by atoms with Crippen LogP contribution in [-0.4, -0.2) is 24.9 Å². The van der Waals surface area contributed by atoms with Crippen LogP contribution in [0.4, 0.5) is 4.39 Å². The van der Waals surface area contributed by atoms with E-state index in [1.54, 1.807) is 0 Å². The Kier molecular flexibility index (Phi) is 3.72. The molecule has 15 heavy (non-hydrogen) atoms. The van der Waals surface area contributed by atoms with Crippen LogP contribution in [0, 0.1) is 11.3 Å². The molecule has 0 aromatic heterocycles. The number of carbonyl (C=O) groups is 1. The van der Waals surface area contributed by atoms with Crippen molar-refractivity contribution in [2.75, 3.05) is 13.8 Å². The molecule has 3 nitrogen and oxygen atoms in total. The summed E-state index contributed by atoms with van der Waals surface area (Å²) in [6.07, 6.45) is 2.02. The van der Waals surface area contributed by atoms with Crippen LogP contribution >= 0.6 is 0 Å². The molecule has 1 saturated carbocycles. The average molecular weight is 216 g/mol. The minimum atomic E-state index is -0.829. The highest BCUT2D eigenvalue weighted by Gasteiger charge is 2.40. The van der Waals surface area contributed by atoms with Crippen LogP contribution < -0.4 is 0 Å². The first-order chi connectivity index (χ1) is 7.05. The molecule has 1 rings (SSSR count). The van der Waals surface area contributed by atoms with E-state index in [1.807, 2.05) is 0 Å². The number of methoxy groups -OCH3 is 1. The van der Waals surface area contributed by atoms with Crippen LogP contribution in [0.3, 0.4) is 0 Å². The highest BCUT2D eigenvalue weighted by atomic mass is 19.1. The first-order valence-corrected chi connectivity index (χ1v) is 5.08. The molecular weight excluding hydrogens is 199 g/mol. The molecule has 0 amide bonds. The second kappa shape index (κ2) is 4.64.